The molecule has 3 nitrogen and oxygen atoms in total. The highest BCUT2D eigenvalue weighted by Gasteiger charge is 2.54. The Morgan fingerprint density at radius 3 is 2.61 bits per heavy atom. The maximum atomic E-state index is 10.9. The van der Waals surface area contributed by atoms with Crippen molar-refractivity contribution in [2.75, 3.05) is 0 Å². The molecule has 2 aliphatic rings. The summed E-state index contributed by atoms with van der Waals surface area (Å²) in [5, 5.41) is 19.4. The predicted octanol–water partition coefficient (Wildman–Crippen LogP) is 4.65. The summed E-state index contributed by atoms with van der Waals surface area (Å²) >= 11 is 0. The van der Waals surface area contributed by atoms with Crippen molar-refractivity contribution in [2.45, 2.75) is 78.7 Å². The number of hydrogen-bond acceptors (Lipinski definition) is 2. The number of carboxylic acid groups (broad SMARTS) is 1. The second-order valence-corrected chi connectivity index (χ2v) is 9.14. The van der Waals surface area contributed by atoms with Gasteiger partial charge in [-0.3, -0.25) is 4.79 Å². The average Bonchev–Trinajstić information content (AvgIpc) is 2.34. The minimum atomic E-state index is -0.710. The van der Waals surface area contributed by atoms with Crippen LogP contribution in [-0.2, 0) is 4.79 Å². The fourth-order valence-corrected chi connectivity index (χ4v) is 5.83. The van der Waals surface area contributed by atoms with Gasteiger partial charge in [-0.05, 0) is 67.1 Å². The molecule has 5 atom stereocenters. The summed E-state index contributed by atoms with van der Waals surface area (Å²) in [5.41, 5.74) is 1.58. The Morgan fingerprint density at radius 1 is 1.35 bits per heavy atom. The molecule has 0 bridgehead atoms. The topological polar surface area (TPSA) is 57.5 Å². The van der Waals surface area contributed by atoms with Crippen LogP contribution in [0.2, 0.25) is 0 Å². The van der Waals surface area contributed by atoms with Crippen molar-refractivity contribution in [1.82, 2.24) is 0 Å². The van der Waals surface area contributed by atoms with Crippen LogP contribution in [0.4, 0.5) is 0 Å². The normalized spacial score (nSPS) is 38.0. The zero-order chi connectivity index (χ0) is 17.4. The van der Waals surface area contributed by atoms with Gasteiger partial charge in [0.05, 0.1) is 6.10 Å². The third-order valence-electron chi connectivity index (χ3n) is 6.69. The summed E-state index contributed by atoms with van der Waals surface area (Å²) < 4.78 is 0. The van der Waals surface area contributed by atoms with E-state index in [0.717, 1.165) is 32.1 Å². The van der Waals surface area contributed by atoms with Crippen LogP contribution in [0.15, 0.2) is 12.2 Å². The molecule has 23 heavy (non-hydrogen) atoms. The summed E-state index contributed by atoms with van der Waals surface area (Å²) in [4.78, 5) is 10.9. The van der Waals surface area contributed by atoms with Gasteiger partial charge in [-0.2, -0.15) is 0 Å². The first kappa shape index (κ1) is 18.5. The third-order valence-corrected chi connectivity index (χ3v) is 6.69. The first-order valence-corrected chi connectivity index (χ1v) is 9.14. The van der Waals surface area contributed by atoms with Gasteiger partial charge in [0.1, 0.15) is 0 Å². The van der Waals surface area contributed by atoms with E-state index in [0.29, 0.717) is 11.8 Å². The van der Waals surface area contributed by atoms with Crippen LogP contribution < -0.4 is 0 Å². The van der Waals surface area contributed by atoms with Crippen molar-refractivity contribution in [3.05, 3.63) is 12.2 Å². The van der Waals surface area contributed by atoms with Crippen molar-refractivity contribution in [2.24, 2.45) is 28.6 Å². The maximum Gasteiger partial charge on any atom is 0.303 e. The van der Waals surface area contributed by atoms with E-state index in [1.807, 2.05) is 6.92 Å². The van der Waals surface area contributed by atoms with Gasteiger partial charge in [-0.25, -0.2) is 0 Å². The monoisotopic (exact) mass is 322 g/mol. The molecule has 2 aliphatic carbocycles. The van der Waals surface area contributed by atoms with Gasteiger partial charge in [0.2, 0.25) is 0 Å². The highest BCUT2D eigenvalue weighted by Crippen LogP contribution is 2.61. The number of hydrogen-bond donors (Lipinski definition) is 2. The first-order chi connectivity index (χ1) is 10.6. The number of carbonyl (C=O) groups is 1. The van der Waals surface area contributed by atoms with Crippen LogP contribution in [-0.4, -0.2) is 22.3 Å². The SMILES string of the molecule is C=C1CC[C@H]2C(C)(C)C[C@@H](O)C[C@]2(C)[C@H]1CC[C@H](C)CC(=O)O. The van der Waals surface area contributed by atoms with Gasteiger partial charge >= 0.3 is 5.97 Å². The van der Waals surface area contributed by atoms with Crippen molar-refractivity contribution in [1.29, 1.82) is 0 Å². The largest absolute Gasteiger partial charge is 0.481 e. The Morgan fingerprint density at radius 2 is 2.00 bits per heavy atom. The minimum Gasteiger partial charge on any atom is -0.481 e. The van der Waals surface area contributed by atoms with Crippen LogP contribution in [0.1, 0.15) is 72.6 Å². The van der Waals surface area contributed by atoms with Crippen LogP contribution >= 0.6 is 0 Å². The number of aliphatic hydroxyl groups excluding tert-OH is 1. The highest BCUT2D eigenvalue weighted by atomic mass is 16.4. The lowest BCUT2D eigenvalue weighted by molar-refractivity contribution is -0.138. The summed E-state index contributed by atoms with van der Waals surface area (Å²) in [6.45, 7) is 13.3. The molecule has 0 amide bonds. The summed E-state index contributed by atoms with van der Waals surface area (Å²) in [6.07, 6.45) is 5.95. The Hall–Kier alpha value is -0.830. The summed E-state index contributed by atoms with van der Waals surface area (Å²) in [6, 6.07) is 0. The van der Waals surface area contributed by atoms with Crippen molar-refractivity contribution in [3.8, 4) is 0 Å². The molecule has 2 N–H and O–H groups in total. The van der Waals surface area contributed by atoms with E-state index in [-0.39, 0.29) is 29.3 Å². The van der Waals surface area contributed by atoms with Crippen molar-refractivity contribution in [3.63, 3.8) is 0 Å². The Kier molecular flexibility index (Phi) is 5.30. The molecule has 0 saturated heterocycles. The molecule has 0 heterocycles. The minimum absolute atomic E-state index is 0.0967. The number of aliphatic hydroxyl groups is 1. The molecule has 132 valence electrons. The molecular weight excluding hydrogens is 288 g/mol. The van der Waals surface area contributed by atoms with E-state index in [2.05, 4.69) is 27.4 Å². The Bertz CT molecular complexity index is 468. The van der Waals surface area contributed by atoms with E-state index >= 15 is 0 Å². The highest BCUT2D eigenvalue weighted by molar-refractivity contribution is 5.66. The van der Waals surface area contributed by atoms with E-state index in [1.165, 1.54) is 12.0 Å². The van der Waals surface area contributed by atoms with Crippen LogP contribution in [0.25, 0.3) is 0 Å². The van der Waals surface area contributed by atoms with Crippen LogP contribution in [0, 0.1) is 28.6 Å². The smallest absolute Gasteiger partial charge is 0.303 e. The molecule has 0 aromatic heterocycles. The molecule has 3 heteroatoms. The molecule has 0 aromatic carbocycles. The lowest BCUT2D eigenvalue weighted by Crippen LogP contribution is -2.53. The van der Waals surface area contributed by atoms with Gasteiger partial charge < -0.3 is 10.2 Å². The van der Waals surface area contributed by atoms with Crippen molar-refractivity contribution >= 4 is 5.97 Å². The second kappa shape index (κ2) is 6.58. The number of aliphatic carboxylic acids is 1. The fraction of sp³-hybridized carbons (Fsp3) is 0.850. The third kappa shape index (κ3) is 3.81. The number of allylic oxidation sites excluding steroid dienone is 1. The molecular formula is C20H34O3. The van der Waals surface area contributed by atoms with Gasteiger partial charge in [0, 0.05) is 6.42 Å². The van der Waals surface area contributed by atoms with E-state index in [1.54, 1.807) is 0 Å². The standard InChI is InChI=1S/C20H34O3/c1-13(10-18(22)23)6-8-16-14(2)7-9-17-19(3,4)11-15(21)12-20(16,17)5/h13,15-17,21H,2,6-12H2,1,3-5H3,(H,22,23)/t13-,15+,16-,17-,20+/m0/s1. The first-order valence-electron chi connectivity index (χ1n) is 9.14. The van der Waals surface area contributed by atoms with E-state index in [4.69, 9.17) is 5.11 Å². The molecule has 0 unspecified atom stereocenters. The molecule has 2 saturated carbocycles. The summed E-state index contributed by atoms with van der Waals surface area (Å²) in [5.74, 6) is 0.513. The molecule has 0 spiro atoms. The Balaban J connectivity index is 2.16. The maximum absolute atomic E-state index is 10.9. The molecule has 0 aliphatic heterocycles. The molecule has 2 fully saturated rings. The quantitative estimate of drug-likeness (QED) is 0.725. The van der Waals surface area contributed by atoms with E-state index < -0.39 is 5.97 Å². The van der Waals surface area contributed by atoms with Gasteiger partial charge in [-0.15, -0.1) is 0 Å². The lowest BCUT2D eigenvalue weighted by Gasteiger charge is -2.59. The van der Waals surface area contributed by atoms with E-state index in [9.17, 15) is 9.90 Å². The predicted molar refractivity (Wildman–Crippen MR) is 93.1 cm³/mol. The number of fused-ring (bicyclic) bond motifs is 1. The van der Waals surface area contributed by atoms with Crippen LogP contribution in [0.5, 0.6) is 0 Å². The molecule has 0 radical (unpaired) electrons. The van der Waals surface area contributed by atoms with Crippen molar-refractivity contribution < 1.29 is 15.0 Å². The molecule has 2 rings (SSSR count). The second-order valence-electron chi connectivity index (χ2n) is 9.14. The zero-order valence-corrected chi connectivity index (χ0v) is 15.3. The van der Waals surface area contributed by atoms with Crippen LogP contribution in [0.3, 0.4) is 0 Å². The average molecular weight is 322 g/mol. The molecule has 0 aromatic rings. The Labute approximate surface area is 141 Å². The fourth-order valence-electron chi connectivity index (χ4n) is 5.83. The van der Waals surface area contributed by atoms with Gasteiger partial charge in [0.15, 0.2) is 0 Å². The lowest BCUT2D eigenvalue weighted by atomic mass is 9.46. The number of carboxylic acids is 1. The van der Waals surface area contributed by atoms with Gasteiger partial charge in [0.25, 0.3) is 0 Å². The summed E-state index contributed by atoms with van der Waals surface area (Å²) in [7, 11) is 0. The van der Waals surface area contributed by atoms with Gasteiger partial charge in [-0.1, -0.05) is 39.8 Å². The number of rotatable bonds is 5. The zero-order valence-electron chi connectivity index (χ0n) is 15.3.